The van der Waals surface area contributed by atoms with Crippen LogP contribution in [0, 0.1) is 0 Å². The van der Waals surface area contributed by atoms with Crippen molar-refractivity contribution >= 4 is 33.5 Å². The van der Waals surface area contributed by atoms with Crippen molar-refractivity contribution < 1.29 is 9.53 Å². The molecule has 0 saturated carbocycles. The van der Waals surface area contributed by atoms with Gasteiger partial charge in [0.25, 0.3) is 0 Å². The van der Waals surface area contributed by atoms with E-state index in [4.69, 9.17) is 9.72 Å². The Labute approximate surface area is 169 Å². The second kappa shape index (κ2) is 7.20. The molecular weight excluding hydrogens is 364 g/mol. The molecule has 4 rings (SSSR count). The van der Waals surface area contributed by atoms with Crippen molar-refractivity contribution in [1.82, 2.24) is 14.8 Å². The Kier molecular flexibility index (Phi) is 4.70. The van der Waals surface area contributed by atoms with Crippen molar-refractivity contribution in [2.45, 2.75) is 19.9 Å². The van der Waals surface area contributed by atoms with E-state index in [1.165, 1.54) is 7.11 Å². The first-order valence-corrected chi connectivity index (χ1v) is 9.57. The fraction of sp³-hybridized carbons (Fsp3) is 0.261. The summed E-state index contributed by atoms with van der Waals surface area (Å²) in [5, 5.41) is 6.34. The maximum absolute atomic E-state index is 11.9. The van der Waals surface area contributed by atoms with Gasteiger partial charge in [0.1, 0.15) is 0 Å². The summed E-state index contributed by atoms with van der Waals surface area (Å²) in [5.41, 5.74) is 5.35. The number of ether oxygens (including phenoxy) is 1. The standard InChI is InChI=1S/C23H24N4O2/c1-14(2)26(3)21-12-18-10-16(23(28)29-5)8-9-19(18)25-22(21)15-6-7-17-13-24-27(4)20(17)11-15/h6-14H,1-5H3. The van der Waals surface area contributed by atoms with Gasteiger partial charge in [0.05, 0.1) is 41.3 Å². The fourth-order valence-corrected chi connectivity index (χ4v) is 3.46. The molecule has 0 bridgehead atoms. The van der Waals surface area contributed by atoms with Crippen molar-refractivity contribution in [2.75, 3.05) is 19.1 Å². The molecule has 0 aliphatic carbocycles. The SMILES string of the molecule is COC(=O)c1ccc2nc(-c3ccc4cnn(C)c4c3)c(N(C)C(C)C)cc2c1. The predicted octanol–water partition coefficient (Wildman–Crippen LogP) is 4.42. The van der Waals surface area contributed by atoms with Gasteiger partial charge in [0.15, 0.2) is 0 Å². The number of hydrogen-bond donors (Lipinski definition) is 0. The summed E-state index contributed by atoms with van der Waals surface area (Å²) in [4.78, 5) is 19.1. The number of fused-ring (bicyclic) bond motifs is 2. The minimum Gasteiger partial charge on any atom is -0.465 e. The molecule has 0 amide bonds. The fourth-order valence-electron chi connectivity index (χ4n) is 3.46. The highest BCUT2D eigenvalue weighted by atomic mass is 16.5. The van der Waals surface area contributed by atoms with Crippen LogP contribution in [0.2, 0.25) is 0 Å². The van der Waals surface area contributed by atoms with Crippen LogP contribution in [0.1, 0.15) is 24.2 Å². The number of rotatable bonds is 4. The largest absolute Gasteiger partial charge is 0.465 e. The van der Waals surface area contributed by atoms with E-state index in [0.717, 1.165) is 38.8 Å². The molecule has 0 fully saturated rings. The van der Waals surface area contributed by atoms with E-state index in [1.54, 1.807) is 6.07 Å². The number of carbonyl (C=O) groups is 1. The zero-order valence-corrected chi connectivity index (χ0v) is 17.3. The van der Waals surface area contributed by atoms with Crippen molar-refractivity contribution in [1.29, 1.82) is 0 Å². The molecule has 0 spiro atoms. The van der Waals surface area contributed by atoms with Crippen molar-refractivity contribution in [3.8, 4) is 11.3 Å². The quantitative estimate of drug-likeness (QED) is 0.484. The topological polar surface area (TPSA) is 60.2 Å². The maximum Gasteiger partial charge on any atom is 0.337 e. The van der Waals surface area contributed by atoms with Gasteiger partial charge in [0, 0.05) is 36.5 Å². The summed E-state index contributed by atoms with van der Waals surface area (Å²) in [6.07, 6.45) is 1.86. The Morgan fingerprint density at radius 3 is 2.62 bits per heavy atom. The lowest BCUT2D eigenvalue weighted by Crippen LogP contribution is -2.26. The van der Waals surface area contributed by atoms with E-state index < -0.39 is 0 Å². The zero-order valence-electron chi connectivity index (χ0n) is 17.3. The molecule has 0 saturated heterocycles. The van der Waals surface area contributed by atoms with E-state index in [-0.39, 0.29) is 12.0 Å². The molecule has 0 radical (unpaired) electrons. The smallest absolute Gasteiger partial charge is 0.337 e. The van der Waals surface area contributed by atoms with E-state index >= 15 is 0 Å². The number of carbonyl (C=O) groups excluding carboxylic acids is 1. The summed E-state index contributed by atoms with van der Waals surface area (Å²) < 4.78 is 6.73. The van der Waals surface area contributed by atoms with Gasteiger partial charge in [-0.3, -0.25) is 4.68 Å². The minimum absolute atomic E-state index is 0.289. The van der Waals surface area contributed by atoms with Crippen LogP contribution in [-0.2, 0) is 11.8 Å². The molecule has 2 aromatic heterocycles. The van der Waals surface area contributed by atoms with Crippen molar-refractivity contribution in [3.63, 3.8) is 0 Å². The molecule has 0 unspecified atom stereocenters. The summed E-state index contributed by atoms with van der Waals surface area (Å²) >= 11 is 0. The second-order valence-electron chi connectivity index (χ2n) is 7.50. The first-order valence-electron chi connectivity index (χ1n) is 9.57. The lowest BCUT2D eigenvalue weighted by atomic mass is 10.0. The van der Waals surface area contributed by atoms with Crippen LogP contribution < -0.4 is 4.90 Å². The highest BCUT2D eigenvalue weighted by Crippen LogP contribution is 2.34. The van der Waals surface area contributed by atoms with Crippen LogP contribution in [-0.4, -0.2) is 40.9 Å². The molecule has 6 heteroatoms. The number of hydrogen-bond acceptors (Lipinski definition) is 5. The Balaban J connectivity index is 1.96. The third-order valence-corrected chi connectivity index (χ3v) is 5.39. The van der Waals surface area contributed by atoms with E-state index in [2.05, 4.69) is 55.2 Å². The van der Waals surface area contributed by atoms with Gasteiger partial charge in [-0.1, -0.05) is 12.1 Å². The molecule has 2 aromatic carbocycles. The van der Waals surface area contributed by atoms with Crippen LogP contribution in [0.3, 0.4) is 0 Å². The first-order chi connectivity index (χ1) is 13.9. The maximum atomic E-state index is 11.9. The number of aromatic nitrogens is 3. The highest BCUT2D eigenvalue weighted by Gasteiger charge is 2.17. The molecular formula is C23H24N4O2. The number of anilines is 1. The molecule has 2 heterocycles. The normalized spacial score (nSPS) is 11.4. The lowest BCUT2D eigenvalue weighted by molar-refractivity contribution is 0.0601. The van der Waals surface area contributed by atoms with Gasteiger partial charge in [-0.2, -0.15) is 5.10 Å². The molecule has 29 heavy (non-hydrogen) atoms. The molecule has 0 N–H and O–H groups in total. The monoisotopic (exact) mass is 388 g/mol. The van der Waals surface area contributed by atoms with Crippen molar-refractivity contribution in [3.05, 3.63) is 54.2 Å². The summed E-state index contributed by atoms with van der Waals surface area (Å²) in [7, 11) is 5.39. The molecule has 148 valence electrons. The van der Waals surface area contributed by atoms with E-state index in [1.807, 2.05) is 30.1 Å². The number of pyridine rings is 1. The summed E-state index contributed by atoms with van der Waals surface area (Å²) in [5.74, 6) is -0.351. The van der Waals surface area contributed by atoms with Crippen LogP contribution in [0.5, 0.6) is 0 Å². The Bertz CT molecular complexity index is 1230. The third kappa shape index (κ3) is 3.31. The van der Waals surface area contributed by atoms with Gasteiger partial charge in [0.2, 0.25) is 0 Å². The number of methoxy groups -OCH3 is 1. The summed E-state index contributed by atoms with van der Waals surface area (Å²) in [6.45, 7) is 4.28. The summed E-state index contributed by atoms with van der Waals surface area (Å²) in [6, 6.07) is 14.1. The Hall–Kier alpha value is -3.41. The minimum atomic E-state index is -0.351. The molecule has 0 atom stereocenters. The number of aryl methyl sites for hydroxylation is 1. The molecule has 0 aliphatic rings. The van der Waals surface area contributed by atoms with E-state index in [9.17, 15) is 4.79 Å². The first kappa shape index (κ1) is 18.9. The predicted molar refractivity (Wildman–Crippen MR) is 116 cm³/mol. The van der Waals surface area contributed by atoms with Gasteiger partial charge >= 0.3 is 5.97 Å². The lowest BCUT2D eigenvalue weighted by Gasteiger charge is -2.26. The van der Waals surface area contributed by atoms with Gasteiger partial charge < -0.3 is 9.64 Å². The molecule has 0 aliphatic heterocycles. The average Bonchev–Trinajstić information content (AvgIpc) is 3.11. The Morgan fingerprint density at radius 2 is 1.90 bits per heavy atom. The number of nitrogens with zero attached hydrogens (tertiary/aromatic N) is 4. The van der Waals surface area contributed by atoms with Crippen LogP contribution in [0.4, 0.5) is 5.69 Å². The van der Waals surface area contributed by atoms with Crippen LogP contribution in [0.25, 0.3) is 33.1 Å². The average molecular weight is 388 g/mol. The van der Waals surface area contributed by atoms with Gasteiger partial charge in [-0.25, -0.2) is 9.78 Å². The Morgan fingerprint density at radius 1 is 1.10 bits per heavy atom. The second-order valence-corrected chi connectivity index (χ2v) is 7.50. The molecule has 6 nitrogen and oxygen atoms in total. The van der Waals surface area contributed by atoms with Crippen LogP contribution in [0.15, 0.2) is 48.7 Å². The van der Waals surface area contributed by atoms with Gasteiger partial charge in [-0.15, -0.1) is 0 Å². The number of benzene rings is 2. The highest BCUT2D eigenvalue weighted by molar-refractivity contribution is 5.97. The molecule has 4 aromatic rings. The number of esters is 1. The van der Waals surface area contributed by atoms with Crippen LogP contribution >= 0.6 is 0 Å². The zero-order chi connectivity index (χ0) is 20.7. The van der Waals surface area contributed by atoms with Crippen molar-refractivity contribution in [2.24, 2.45) is 7.05 Å². The van der Waals surface area contributed by atoms with Gasteiger partial charge in [-0.05, 0) is 44.2 Å². The van der Waals surface area contributed by atoms with E-state index in [0.29, 0.717) is 5.56 Å². The third-order valence-electron chi connectivity index (χ3n) is 5.39.